The molecule has 1 aromatic heterocycles. The number of esters is 1. The number of carbonyl (C=O) groups excluding carboxylic acids is 1. The Kier molecular flexibility index (Phi) is 6.72. The Hall–Kier alpha value is -2.87. The van der Waals surface area contributed by atoms with Crippen LogP contribution in [0.15, 0.2) is 52.2 Å². The molecule has 4 rings (SSSR count). The Morgan fingerprint density at radius 1 is 1.22 bits per heavy atom. The fraction of sp³-hybridized carbons (Fsp3) is 0.500. The summed E-state index contributed by atoms with van der Waals surface area (Å²) in [6, 6.07) is 7.32. The second kappa shape index (κ2) is 9.15. The molecule has 0 amide bonds. The molecule has 202 valence electrons. The summed E-state index contributed by atoms with van der Waals surface area (Å²) in [5, 5.41) is 24.6. The summed E-state index contributed by atoms with van der Waals surface area (Å²) in [5.74, 6) is -3.92. The van der Waals surface area contributed by atoms with E-state index in [-0.39, 0.29) is 5.75 Å². The molecule has 1 aliphatic heterocycles. The highest BCUT2D eigenvalue weighted by molar-refractivity contribution is 7.52. The van der Waals surface area contributed by atoms with Crippen LogP contribution >= 0.6 is 7.75 Å². The lowest BCUT2D eigenvalue weighted by Crippen LogP contribution is -2.51. The lowest BCUT2D eigenvalue weighted by molar-refractivity contribution is -0.180. The number of fused-ring (bicyclic) bond motifs is 1. The maximum absolute atomic E-state index is 15.9. The summed E-state index contributed by atoms with van der Waals surface area (Å²) in [6.07, 6.45) is -3.38. The van der Waals surface area contributed by atoms with Crippen molar-refractivity contribution in [2.45, 2.75) is 69.2 Å². The van der Waals surface area contributed by atoms with E-state index in [0.29, 0.717) is 4.57 Å². The minimum atomic E-state index is -4.65. The number of H-pyrrole nitrogens is 1. The second-order valence-corrected chi connectivity index (χ2v) is 10.9. The summed E-state index contributed by atoms with van der Waals surface area (Å²) < 4.78 is 51.4. The molecule has 1 aliphatic carbocycles. The van der Waals surface area contributed by atoms with Crippen molar-refractivity contribution in [3.05, 3.63) is 63.4 Å². The van der Waals surface area contributed by atoms with E-state index in [2.05, 4.69) is 5.09 Å². The molecule has 7 atom stereocenters. The van der Waals surface area contributed by atoms with Gasteiger partial charge in [0.05, 0.1) is 6.10 Å². The number of alkyl halides is 1. The SMILES string of the molecule is CC(C)OC(=O)C(C)N[P@](=O)(Oc1ccccc1)OC1[C@]2(O)[C@@](C)(O)[C@H](n3ccc(=O)[nH]c3=O)O[C@]12F. The fourth-order valence-corrected chi connectivity index (χ4v) is 5.84. The van der Waals surface area contributed by atoms with E-state index in [4.69, 9.17) is 18.5 Å². The van der Waals surface area contributed by atoms with Gasteiger partial charge in [0.25, 0.3) is 11.4 Å². The van der Waals surface area contributed by atoms with Crippen molar-refractivity contribution in [3.63, 3.8) is 0 Å². The Bertz CT molecular complexity index is 1350. The summed E-state index contributed by atoms with van der Waals surface area (Å²) in [7, 11) is -4.65. The fourth-order valence-electron chi connectivity index (χ4n) is 4.14. The van der Waals surface area contributed by atoms with Crippen molar-refractivity contribution < 1.29 is 42.5 Å². The number of hydrogen-bond donors (Lipinski definition) is 4. The van der Waals surface area contributed by atoms with Crippen LogP contribution < -0.4 is 20.9 Å². The van der Waals surface area contributed by atoms with Crippen LogP contribution in [0.4, 0.5) is 4.39 Å². The molecule has 0 bridgehead atoms. The van der Waals surface area contributed by atoms with Gasteiger partial charge in [0, 0.05) is 12.3 Å². The zero-order valence-corrected chi connectivity index (χ0v) is 21.2. The summed E-state index contributed by atoms with van der Waals surface area (Å²) in [6.45, 7) is 5.52. The second-order valence-electron chi connectivity index (χ2n) is 9.27. The zero-order chi connectivity index (χ0) is 27.4. The van der Waals surface area contributed by atoms with Crippen LogP contribution in [-0.4, -0.2) is 61.0 Å². The third kappa shape index (κ3) is 4.54. The van der Waals surface area contributed by atoms with Gasteiger partial charge in [0.2, 0.25) is 0 Å². The highest BCUT2D eigenvalue weighted by atomic mass is 31.2. The first-order valence-electron chi connectivity index (χ1n) is 11.3. The first kappa shape index (κ1) is 27.2. The molecule has 2 aliphatic rings. The van der Waals surface area contributed by atoms with Crippen LogP contribution in [0.2, 0.25) is 0 Å². The number of hydrogen-bond acceptors (Lipinski definition) is 10. The van der Waals surface area contributed by atoms with Crippen molar-refractivity contribution >= 4 is 13.7 Å². The van der Waals surface area contributed by atoms with Gasteiger partial charge in [-0.1, -0.05) is 18.2 Å². The van der Waals surface area contributed by atoms with Crippen molar-refractivity contribution in [1.29, 1.82) is 0 Å². The number of nitrogens with one attached hydrogen (secondary N) is 2. The number of aromatic amines is 1. The van der Waals surface area contributed by atoms with Crippen LogP contribution in [0.3, 0.4) is 0 Å². The Morgan fingerprint density at radius 2 is 1.86 bits per heavy atom. The van der Waals surface area contributed by atoms with E-state index >= 15 is 4.39 Å². The van der Waals surface area contributed by atoms with Gasteiger partial charge in [-0.3, -0.25) is 23.7 Å². The van der Waals surface area contributed by atoms with Gasteiger partial charge in [0.15, 0.2) is 17.9 Å². The van der Waals surface area contributed by atoms with Crippen LogP contribution in [0, 0.1) is 0 Å². The molecule has 1 aromatic carbocycles. The molecule has 13 nitrogen and oxygen atoms in total. The number of aromatic nitrogens is 2. The maximum Gasteiger partial charge on any atom is 0.460 e. The summed E-state index contributed by atoms with van der Waals surface area (Å²) in [4.78, 5) is 37.8. The van der Waals surface area contributed by atoms with Gasteiger partial charge >= 0.3 is 19.4 Å². The topological polar surface area (TPSA) is 178 Å². The molecule has 15 heteroatoms. The van der Waals surface area contributed by atoms with Crippen molar-refractivity contribution in [2.24, 2.45) is 0 Å². The van der Waals surface area contributed by atoms with Gasteiger partial charge in [-0.05, 0) is 39.8 Å². The Labute approximate surface area is 209 Å². The van der Waals surface area contributed by atoms with Gasteiger partial charge < -0.3 is 24.2 Å². The highest BCUT2D eigenvalue weighted by Crippen LogP contribution is 2.71. The molecule has 0 radical (unpaired) electrons. The predicted molar refractivity (Wildman–Crippen MR) is 124 cm³/mol. The number of para-hydroxylation sites is 1. The number of nitrogens with zero attached hydrogens (tertiary/aromatic N) is 1. The first-order chi connectivity index (χ1) is 17.1. The van der Waals surface area contributed by atoms with Gasteiger partial charge in [-0.25, -0.2) is 13.8 Å². The Morgan fingerprint density at radius 3 is 2.41 bits per heavy atom. The third-order valence-electron chi connectivity index (χ3n) is 6.06. The molecule has 4 N–H and O–H groups in total. The van der Waals surface area contributed by atoms with Crippen molar-refractivity contribution in [3.8, 4) is 5.75 Å². The van der Waals surface area contributed by atoms with Crippen molar-refractivity contribution in [1.82, 2.24) is 14.6 Å². The molecular formula is C22H27FN3O10P. The minimum Gasteiger partial charge on any atom is -0.462 e. The lowest BCUT2D eigenvalue weighted by atomic mass is 9.95. The summed E-state index contributed by atoms with van der Waals surface area (Å²) >= 11 is 0. The number of aliphatic hydroxyl groups is 2. The van der Waals surface area contributed by atoms with Gasteiger partial charge in [0.1, 0.15) is 17.4 Å². The smallest absolute Gasteiger partial charge is 0.460 e. The van der Waals surface area contributed by atoms with Crippen LogP contribution in [0.5, 0.6) is 5.75 Å². The largest absolute Gasteiger partial charge is 0.462 e. The number of rotatable bonds is 9. The van der Waals surface area contributed by atoms with Gasteiger partial charge in [-0.15, -0.1) is 0 Å². The molecule has 1 saturated heterocycles. The van der Waals surface area contributed by atoms with Gasteiger partial charge in [-0.2, -0.15) is 5.09 Å². The average molecular weight is 543 g/mol. The van der Waals surface area contributed by atoms with Crippen LogP contribution in [0.1, 0.15) is 33.9 Å². The molecule has 2 fully saturated rings. The molecule has 2 aromatic rings. The zero-order valence-electron chi connectivity index (χ0n) is 20.3. The first-order valence-corrected chi connectivity index (χ1v) is 12.8. The maximum atomic E-state index is 15.9. The van der Waals surface area contributed by atoms with E-state index in [0.717, 1.165) is 19.2 Å². The molecule has 2 heterocycles. The normalized spacial score (nSPS) is 32.9. The molecule has 2 unspecified atom stereocenters. The average Bonchev–Trinajstić information content (AvgIpc) is 3.19. The third-order valence-corrected chi connectivity index (χ3v) is 7.71. The summed E-state index contributed by atoms with van der Waals surface area (Å²) in [5.41, 5.74) is -7.11. The van der Waals surface area contributed by atoms with E-state index in [1.807, 2.05) is 4.98 Å². The number of carbonyl (C=O) groups is 1. The number of halogens is 1. The van der Waals surface area contributed by atoms with E-state index in [1.54, 1.807) is 32.0 Å². The molecule has 1 saturated carbocycles. The molecular weight excluding hydrogens is 516 g/mol. The lowest BCUT2D eigenvalue weighted by Gasteiger charge is -2.33. The highest BCUT2D eigenvalue weighted by Gasteiger charge is 2.95. The number of benzene rings is 1. The van der Waals surface area contributed by atoms with Crippen molar-refractivity contribution in [2.75, 3.05) is 0 Å². The van der Waals surface area contributed by atoms with E-state index < -0.39 is 66.5 Å². The Balaban J connectivity index is 1.62. The standard InChI is InChI=1S/C22H27FN3O10P/c1-12(2)33-16(28)13(3)25-37(32,35-14-8-6-5-7-9-14)36-17-21(31)20(4,30)18(34-22(17,21)23)26-11-10-15(27)24-19(26)29/h5-13,17-18,30-31H,1-4H3,(H,25,32)(H,24,27,29)/t13?,17?,18-,20+,21+,22-,37+/m1/s1. The molecule has 0 spiro atoms. The predicted octanol–water partition coefficient (Wildman–Crippen LogP) is 0.729. The van der Waals surface area contributed by atoms with E-state index in [9.17, 15) is 29.2 Å². The minimum absolute atomic E-state index is 0.0267. The van der Waals surface area contributed by atoms with Crippen LogP contribution in [0.25, 0.3) is 0 Å². The van der Waals surface area contributed by atoms with E-state index in [1.165, 1.54) is 19.1 Å². The quantitative estimate of drug-likeness (QED) is 0.259. The monoisotopic (exact) mass is 543 g/mol. The molecule has 37 heavy (non-hydrogen) atoms. The van der Waals surface area contributed by atoms with Crippen LogP contribution in [-0.2, 0) is 23.4 Å². The number of ether oxygens (including phenoxy) is 2.